The molecule has 0 fully saturated rings. The minimum Gasteiger partial charge on any atom is -0.484 e. The van der Waals surface area contributed by atoms with Crippen molar-refractivity contribution in [2.75, 3.05) is 6.61 Å². The summed E-state index contributed by atoms with van der Waals surface area (Å²) in [5.74, 6) is -1.05. The molecule has 9 heteroatoms. The molecule has 2 amide bonds. The van der Waals surface area contributed by atoms with Crippen LogP contribution in [0.15, 0.2) is 48.5 Å². The summed E-state index contributed by atoms with van der Waals surface area (Å²) in [5, 5.41) is 13.1. The van der Waals surface area contributed by atoms with Crippen molar-refractivity contribution in [3.8, 4) is 17.5 Å². The van der Waals surface area contributed by atoms with Gasteiger partial charge in [-0.3, -0.25) is 20.4 Å². The SMILES string of the molecule is Cc1nn(-c2ccc(F)cc2)c(C)c1C(=O)NNC(=O)COc1ccc(C#N)cc1. The maximum absolute atomic E-state index is 13.1. The number of nitrogens with zero attached hydrogens (tertiary/aromatic N) is 3. The normalized spacial score (nSPS) is 10.2. The van der Waals surface area contributed by atoms with E-state index in [1.54, 1.807) is 50.2 Å². The van der Waals surface area contributed by atoms with E-state index in [-0.39, 0.29) is 12.4 Å². The highest BCUT2D eigenvalue weighted by Gasteiger charge is 2.20. The van der Waals surface area contributed by atoms with E-state index in [9.17, 15) is 14.0 Å². The highest BCUT2D eigenvalue weighted by molar-refractivity contribution is 5.97. The Hall–Kier alpha value is -4.19. The maximum atomic E-state index is 13.1. The van der Waals surface area contributed by atoms with Crippen LogP contribution in [0.1, 0.15) is 27.3 Å². The van der Waals surface area contributed by atoms with Crippen molar-refractivity contribution >= 4 is 11.8 Å². The van der Waals surface area contributed by atoms with Crippen molar-refractivity contribution in [3.05, 3.63) is 76.9 Å². The number of ether oxygens (including phenoxy) is 1. The second-order valence-corrected chi connectivity index (χ2v) is 6.36. The third kappa shape index (κ3) is 4.62. The van der Waals surface area contributed by atoms with Gasteiger partial charge in [-0.05, 0) is 62.4 Å². The number of carbonyl (C=O) groups is 2. The summed E-state index contributed by atoms with van der Waals surface area (Å²) >= 11 is 0. The lowest BCUT2D eigenvalue weighted by molar-refractivity contribution is -0.123. The number of benzene rings is 2. The molecule has 0 unspecified atom stereocenters. The van der Waals surface area contributed by atoms with Crippen LogP contribution in [0.5, 0.6) is 5.75 Å². The minimum absolute atomic E-state index is 0.299. The second-order valence-electron chi connectivity index (χ2n) is 6.36. The Morgan fingerprint density at radius 2 is 1.77 bits per heavy atom. The van der Waals surface area contributed by atoms with E-state index >= 15 is 0 Å². The maximum Gasteiger partial charge on any atom is 0.276 e. The molecule has 1 aromatic heterocycles. The molecule has 0 spiro atoms. The summed E-state index contributed by atoms with van der Waals surface area (Å²) in [6, 6.07) is 14.0. The Labute approximate surface area is 171 Å². The van der Waals surface area contributed by atoms with Crippen molar-refractivity contribution < 1.29 is 18.7 Å². The molecule has 1 heterocycles. The first-order chi connectivity index (χ1) is 14.4. The number of nitriles is 1. The molecule has 3 aromatic rings. The molecule has 0 aliphatic heterocycles. The number of amides is 2. The van der Waals surface area contributed by atoms with Crippen LogP contribution in [0.2, 0.25) is 0 Å². The molecule has 0 aliphatic carbocycles. The van der Waals surface area contributed by atoms with Crippen LogP contribution in [-0.4, -0.2) is 28.2 Å². The summed E-state index contributed by atoms with van der Waals surface area (Å²) in [7, 11) is 0. The zero-order valence-electron chi connectivity index (χ0n) is 16.3. The Bertz CT molecular complexity index is 1120. The largest absolute Gasteiger partial charge is 0.484 e. The lowest BCUT2D eigenvalue weighted by Crippen LogP contribution is -2.44. The zero-order valence-corrected chi connectivity index (χ0v) is 16.3. The van der Waals surface area contributed by atoms with Crippen LogP contribution >= 0.6 is 0 Å². The molecule has 30 heavy (non-hydrogen) atoms. The van der Waals surface area contributed by atoms with E-state index in [0.717, 1.165) is 0 Å². The molecule has 0 saturated heterocycles. The smallest absolute Gasteiger partial charge is 0.276 e. The van der Waals surface area contributed by atoms with Gasteiger partial charge in [0.15, 0.2) is 6.61 Å². The number of hydrogen-bond acceptors (Lipinski definition) is 5. The molecule has 0 bridgehead atoms. The minimum atomic E-state index is -0.561. The van der Waals surface area contributed by atoms with E-state index < -0.39 is 11.8 Å². The molecule has 2 aromatic carbocycles. The van der Waals surface area contributed by atoms with Crippen molar-refractivity contribution in [1.82, 2.24) is 20.6 Å². The molecule has 0 atom stereocenters. The summed E-state index contributed by atoms with van der Waals surface area (Å²) in [6.07, 6.45) is 0. The summed E-state index contributed by atoms with van der Waals surface area (Å²) in [6.45, 7) is 3.05. The number of aryl methyl sites for hydroxylation is 1. The van der Waals surface area contributed by atoms with E-state index in [2.05, 4.69) is 16.0 Å². The van der Waals surface area contributed by atoms with Gasteiger partial charge in [-0.1, -0.05) is 0 Å². The molecule has 152 valence electrons. The average Bonchev–Trinajstić information content (AvgIpc) is 3.05. The highest BCUT2D eigenvalue weighted by atomic mass is 19.1. The summed E-state index contributed by atoms with van der Waals surface area (Å²) in [4.78, 5) is 24.5. The first kappa shape index (κ1) is 20.5. The number of nitrogens with one attached hydrogen (secondary N) is 2. The fourth-order valence-electron chi connectivity index (χ4n) is 2.80. The van der Waals surface area contributed by atoms with E-state index in [4.69, 9.17) is 10.00 Å². The predicted molar refractivity (Wildman–Crippen MR) is 105 cm³/mol. The lowest BCUT2D eigenvalue weighted by Gasteiger charge is -2.09. The molecule has 0 saturated carbocycles. The number of hydrogen-bond donors (Lipinski definition) is 2. The first-order valence-corrected chi connectivity index (χ1v) is 8.93. The second kappa shape index (κ2) is 8.87. The molecule has 0 aliphatic rings. The van der Waals surface area contributed by atoms with Crippen LogP contribution in [0, 0.1) is 31.0 Å². The van der Waals surface area contributed by atoms with E-state index in [1.165, 1.54) is 16.8 Å². The van der Waals surface area contributed by atoms with Crippen LogP contribution in [-0.2, 0) is 4.79 Å². The van der Waals surface area contributed by atoms with Crippen LogP contribution in [0.4, 0.5) is 4.39 Å². The molecular weight excluding hydrogens is 389 g/mol. The highest BCUT2D eigenvalue weighted by Crippen LogP contribution is 2.18. The van der Waals surface area contributed by atoms with Crippen molar-refractivity contribution in [2.24, 2.45) is 0 Å². The van der Waals surface area contributed by atoms with Crippen LogP contribution in [0.3, 0.4) is 0 Å². The van der Waals surface area contributed by atoms with Gasteiger partial charge in [0.25, 0.3) is 11.8 Å². The first-order valence-electron chi connectivity index (χ1n) is 8.93. The van der Waals surface area contributed by atoms with Crippen molar-refractivity contribution in [1.29, 1.82) is 5.26 Å². The monoisotopic (exact) mass is 407 g/mol. The molecule has 3 rings (SSSR count). The number of hydrazine groups is 1. The number of rotatable bonds is 5. The third-order valence-electron chi connectivity index (χ3n) is 4.26. The van der Waals surface area contributed by atoms with Gasteiger partial charge in [0, 0.05) is 0 Å². The van der Waals surface area contributed by atoms with Gasteiger partial charge >= 0.3 is 0 Å². The van der Waals surface area contributed by atoms with Gasteiger partial charge in [0.05, 0.1) is 34.3 Å². The van der Waals surface area contributed by atoms with E-state index in [0.29, 0.717) is 34.0 Å². The van der Waals surface area contributed by atoms with Crippen LogP contribution < -0.4 is 15.6 Å². The Morgan fingerprint density at radius 1 is 1.10 bits per heavy atom. The Balaban J connectivity index is 1.59. The quantitative estimate of drug-likeness (QED) is 0.631. The van der Waals surface area contributed by atoms with Gasteiger partial charge in [-0.25, -0.2) is 9.07 Å². The fraction of sp³-hybridized carbons (Fsp3) is 0.143. The number of carbonyl (C=O) groups excluding carboxylic acids is 2. The van der Waals surface area contributed by atoms with Gasteiger partial charge in [0.2, 0.25) is 0 Å². The lowest BCUT2D eigenvalue weighted by atomic mass is 10.2. The van der Waals surface area contributed by atoms with Gasteiger partial charge in [-0.2, -0.15) is 10.4 Å². The summed E-state index contributed by atoms with van der Waals surface area (Å²) < 4.78 is 20.0. The van der Waals surface area contributed by atoms with Crippen molar-refractivity contribution in [3.63, 3.8) is 0 Å². The standard InChI is InChI=1S/C21H18FN5O3/c1-13-20(14(2)27(26-13)17-7-5-16(22)6-8-17)21(29)25-24-19(28)12-30-18-9-3-15(11-23)4-10-18/h3-10H,12H2,1-2H3,(H,24,28)(H,25,29). The van der Waals surface area contributed by atoms with E-state index in [1.807, 2.05) is 6.07 Å². The fourth-order valence-corrected chi connectivity index (χ4v) is 2.80. The van der Waals surface area contributed by atoms with Gasteiger partial charge < -0.3 is 4.74 Å². The number of halogens is 1. The number of aromatic nitrogens is 2. The van der Waals surface area contributed by atoms with Crippen LogP contribution in [0.25, 0.3) is 5.69 Å². The molecule has 2 N–H and O–H groups in total. The third-order valence-corrected chi connectivity index (χ3v) is 4.26. The summed E-state index contributed by atoms with van der Waals surface area (Å²) in [5.41, 5.74) is 7.00. The molecular formula is C21H18FN5O3. The van der Waals surface area contributed by atoms with Crippen molar-refractivity contribution in [2.45, 2.75) is 13.8 Å². The Kier molecular flexibility index (Phi) is 6.08. The molecule has 0 radical (unpaired) electrons. The topological polar surface area (TPSA) is 109 Å². The zero-order chi connectivity index (χ0) is 21.7. The van der Waals surface area contributed by atoms with Gasteiger partial charge in [-0.15, -0.1) is 0 Å². The Morgan fingerprint density at radius 3 is 2.40 bits per heavy atom. The average molecular weight is 407 g/mol. The van der Waals surface area contributed by atoms with Gasteiger partial charge in [0.1, 0.15) is 11.6 Å². The molecule has 8 nitrogen and oxygen atoms in total. The predicted octanol–water partition coefficient (Wildman–Crippen LogP) is 2.34.